The number of hydrogen-bond acceptors (Lipinski definition) is 2. The van der Waals surface area contributed by atoms with Crippen LogP contribution in [0.5, 0.6) is 11.5 Å². The molecule has 10 rings (SSSR count). The SMILES string of the molecule is Brc1c(-c2ccccc2)c(-c2ccccc2)c(OOc2c(-c3ccccc3)c(-c3ccccc3)cc(-c3ccccc3)c2-c2ccccc2)c(-c2ccccc2)c1-c1ccccc1. The van der Waals surface area contributed by atoms with Gasteiger partial charge in [-0.2, -0.15) is 0 Å². The van der Waals surface area contributed by atoms with Gasteiger partial charge in [0.25, 0.3) is 0 Å². The van der Waals surface area contributed by atoms with E-state index in [-0.39, 0.29) is 0 Å². The molecule has 0 amide bonds. The zero-order chi connectivity index (χ0) is 42.4. The lowest BCUT2D eigenvalue weighted by molar-refractivity contribution is -0.0974. The molecule has 0 saturated carbocycles. The van der Waals surface area contributed by atoms with E-state index in [0.29, 0.717) is 11.5 Å². The summed E-state index contributed by atoms with van der Waals surface area (Å²) < 4.78 is 0.956. The Hall–Kier alpha value is -7.72. The second-order valence-corrected chi connectivity index (χ2v) is 16.1. The highest BCUT2D eigenvalue weighted by molar-refractivity contribution is 9.10. The van der Waals surface area contributed by atoms with Gasteiger partial charge in [0.15, 0.2) is 11.5 Å². The molecule has 10 aromatic rings. The van der Waals surface area contributed by atoms with Crippen LogP contribution in [0.25, 0.3) is 89.0 Å². The summed E-state index contributed by atoms with van der Waals surface area (Å²) in [4.78, 5) is 14.6. The molecule has 0 heterocycles. The minimum absolute atomic E-state index is 0.595. The summed E-state index contributed by atoms with van der Waals surface area (Å²) in [7, 11) is 0. The summed E-state index contributed by atoms with van der Waals surface area (Å²) >= 11 is 4.24. The van der Waals surface area contributed by atoms with Gasteiger partial charge in [-0.05, 0) is 77.6 Å². The zero-order valence-corrected chi connectivity index (χ0v) is 36.0. The molecule has 0 radical (unpaired) electrons. The average Bonchev–Trinajstić information content (AvgIpc) is 3.37. The van der Waals surface area contributed by atoms with E-state index in [9.17, 15) is 0 Å². The van der Waals surface area contributed by atoms with Crippen molar-refractivity contribution in [2.75, 3.05) is 0 Å². The highest BCUT2D eigenvalue weighted by atomic mass is 79.9. The Bertz CT molecular complexity index is 2900. The predicted molar refractivity (Wildman–Crippen MR) is 265 cm³/mol. The van der Waals surface area contributed by atoms with Crippen molar-refractivity contribution in [2.24, 2.45) is 0 Å². The van der Waals surface area contributed by atoms with Gasteiger partial charge in [0.2, 0.25) is 0 Å². The Morgan fingerprint density at radius 1 is 0.222 bits per heavy atom. The number of hydrogen-bond donors (Lipinski definition) is 0. The minimum Gasteiger partial charge on any atom is -0.289 e. The number of halogens is 1. The van der Waals surface area contributed by atoms with Crippen molar-refractivity contribution in [3.8, 4) is 101 Å². The topological polar surface area (TPSA) is 18.5 Å². The lowest BCUT2D eigenvalue weighted by Gasteiger charge is -2.26. The highest BCUT2D eigenvalue weighted by Gasteiger charge is 2.31. The molecule has 0 saturated heterocycles. The van der Waals surface area contributed by atoms with E-state index in [2.05, 4.69) is 253 Å². The van der Waals surface area contributed by atoms with E-state index >= 15 is 0 Å². The van der Waals surface area contributed by atoms with Gasteiger partial charge in [-0.1, -0.05) is 243 Å². The maximum atomic E-state index is 7.33. The largest absolute Gasteiger partial charge is 0.289 e. The molecule has 3 heteroatoms. The van der Waals surface area contributed by atoms with E-state index in [1.807, 2.05) is 12.1 Å². The molecular formula is C60H41BrO2. The fourth-order valence-corrected chi connectivity index (χ4v) is 9.45. The summed E-state index contributed by atoms with van der Waals surface area (Å²) in [5.74, 6) is 1.20. The second kappa shape index (κ2) is 18.1. The molecule has 0 bridgehead atoms. The fraction of sp³-hybridized carbons (Fsp3) is 0. The average molecular weight is 874 g/mol. The molecule has 0 aliphatic rings. The Labute approximate surface area is 377 Å². The first-order valence-corrected chi connectivity index (χ1v) is 21.9. The van der Waals surface area contributed by atoms with E-state index < -0.39 is 0 Å². The molecule has 63 heavy (non-hydrogen) atoms. The molecule has 0 N–H and O–H groups in total. The Balaban J connectivity index is 1.35. The maximum Gasteiger partial charge on any atom is 0.195 e. The van der Waals surface area contributed by atoms with Crippen LogP contribution in [-0.2, 0) is 0 Å². The monoisotopic (exact) mass is 872 g/mol. The quantitative estimate of drug-likeness (QED) is 0.0952. The van der Waals surface area contributed by atoms with Gasteiger partial charge in [0.05, 0.1) is 0 Å². The summed E-state index contributed by atoms with van der Waals surface area (Å²) in [5, 5.41) is 0. The van der Waals surface area contributed by atoms with Crippen molar-refractivity contribution in [1.82, 2.24) is 0 Å². The van der Waals surface area contributed by atoms with Crippen LogP contribution in [0, 0.1) is 0 Å². The van der Waals surface area contributed by atoms with Gasteiger partial charge in [-0.15, -0.1) is 0 Å². The molecule has 10 aromatic carbocycles. The van der Waals surface area contributed by atoms with Crippen molar-refractivity contribution in [2.45, 2.75) is 0 Å². The van der Waals surface area contributed by atoms with Crippen LogP contribution >= 0.6 is 15.9 Å². The van der Waals surface area contributed by atoms with Crippen LogP contribution < -0.4 is 9.78 Å². The molecule has 0 atom stereocenters. The molecule has 300 valence electrons. The smallest absolute Gasteiger partial charge is 0.195 e. The zero-order valence-electron chi connectivity index (χ0n) is 34.4. The summed E-state index contributed by atoms with van der Waals surface area (Å²) in [6.45, 7) is 0. The first-order chi connectivity index (χ1) is 31.2. The van der Waals surface area contributed by atoms with E-state index in [1.165, 1.54) is 0 Å². The summed E-state index contributed by atoms with van der Waals surface area (Å²) in [6.07, 6.45) is 0. The van der Waals surface area contributed by atoms with Crippen LogP contribution in [0.3, 0.4) is 0 Å². The van der Waals surface area contributed by atoms with Crippen LogP contribution in [0.1, 0.15) is 0 Å². The van der Waals surface area contributed by atoms with Gasteiger partial charge in [0, 0.05) is 37.9 Å². The molecule has 0 aliphatic carbocycles. The van der Waals surface area contributed by atoms with E-state index in [0.717, 1.165) is 93.5 Å². The van der Waals surface area contributed by atoms with Gasteiger partial charge < -0.3 is 0 Å². The molecule has 0 spiro atoms. The van der Waals surface area contributed by atoms with Crippen LogP contribution in [0.2, 0.25) is 0 Å². The van der Waals surface area contributed by atoms with E-state index in [4.69, 9.17) is 9.78 Å². The van der Waals surface area contributed by atoms with E-state index in [1.54, 1.807) is 0 Å². The Morgan fingerprint density at radius 2 is 0.429 bits per heavy atom. The molecule has 0 fully saturated rings. The van der Waals surface area contributed by atoms with Crippen molar-refractivity contribution < 1.29 is 9.78 Å². The lowest BCUT2D eigenvalue weighted by atomic mass is 9.84. The minimum atomic E-state index is 0.595. The first-order valence-electron chi connectivity index (χ1n) is 21.1. The van der Waals surface area contributed by atoms with Crippen molar-refractivity contribution in [3.63, 3.8) is 0 Å². The molecule has 0 aromatic heterocycles. The van der Waals surface area contributed by atoms with Crippen molar-refractivity contribution in [3.05, 3.63) is 253 Å². The normalized spacial score (nSPS) is 10.9. The van der Waals surface area contributed by atoms with Crippen LogP contribution in [0.15, 0.2) is 253 Å². The van der Waals surface area contributed by atoms with Gasteiger partial charge in [-0.3, -0.25) is 9.78 Å². The summed E-state index contributed by atoms with van der Waals surface area (Å²) in [6, 6.07) is 86.5. The maximum absolute atomic E-state index is 7.33. The van der Waals surface area contributed by atoms with Gasteiger partial charge in [0.1, 0.15) is 0 Å². The van der Waals surface area contributed by atoms with Crippen LogP contribution in [-0.4, -0.2) is 0 Å². The standard InChI is InChI=1S/C60H41BrO2/c61-58-54(46-33-17-5-18-34-46)56(48-37-21-7-22-38-48)60(57(49-39-23-8-24-40-49)55(58)47-35-19-6-20-36-47)63-62-59-52(44-29-13-3-14-30-44)50(42-25-9-1-10-26-42)41-51(43-27-11-2-12-28-43)53(59)45-31-15-4-16-32-45/h1-41H. The fourth-order valence-electron chi connectivity index (χ4n) is 8.59. The highest BCUT2D eigenvalue weighted by Crippen LogP contribution is 2.56. The Morgan fingerprint density at radius 3 is 0.698 bits per heavy atom. The third-order valence-electron chi connectivity index (χ3n) is 11.4. The van der Waals surface area contributed by atoms with Crippen LogP contribution in [0.4, 0.5) is 0 Å². The molecule has 0 aliphatic heterocycles. The lowest BCUT2D eigenvalue weighted by Crippen LogP contribution is -2.09. The summed E-state index contributed by atoms with van der Waals surface area (Å²) in [5.41, 5.74) is 15.9. The number of benzene rings is 10. The second-order valence-electron chi connectivity index (χ2n) is 15.3. The third kappa shape index (κ3) is 7.87. The van der Waals surface area contributed by atoms with Crippen molar-refractivity contribution >= 4 is 15.9 Å². The third-order valence-corrected chi connectivity index (χ3v) is 12.2. The predicted octanol–water partition coefficient (Wildman–Crippen LogP) is 17.2. The van der Waals surface area contributed by atoms with Crippen molar-refractivity contribution in [1.29, 1.82) is 0 Å². The molecule has 2 nitrogen and oxygen atoms in total. The number of rotatable bonds is 11. The first kappa shape index (κ1) is 39.4. The van der Waals surface area contributed by atoms with Gasteiger partial charge in [-0.25, -0.2) is 0 Å². The molecule has 0 unspecified atom stereocenters. The Kier molecular flexibility index (Phi) is 11.3. The molecular weight excluding hydrogens is 833 g/mol. The van der Waals surface area contributed by atoms with Gasteiger partial charge >= 0.3 is 0 Å².